The summed E-state index contributed by atoms with van der Waals surface area (Å²) < 4.78 is 16.7. The largest absolute Gasteiger partial charge is 0.328 e. The van der Waals surface area contributed by atoms with Crippen molar-refractivity contribution in [3.63, 3.8) is 0 Å². The lowest BCUT2D eigenvalue weighted by Gasteiger charge is -2.09. The lowest BCUT2D eigenvalue weighted by molar-refractivity contribution is -0.111. The summed E-state index contributed by atoms with van der Waals surface area (Å²) in [6, 6.07) is 8.59. The zero-order valence-electron chi connectivity index (χ0n) is 12.1. The molecular formula is C17H13BrFN3O. The average molecular weight is 374 g/mol. The third-order valence-electron chi connectivity index (χ3n) is 3.39. The summed E-state index contributed by atoms with van der Waals surface area (Å²) in [6.07, 6.45) is 4.77. The van der Waals surface area contributed by atoms with Crippen LogP contribution in [0, 0.1) is 5.82 Å². The van der Waals surface area contributed by atoms with Crippen LogP contribution in [-0.4, -0.2) is 15.5 Å². The van der Waals surface area contributed by atoms with E-state index in [-0.39, 0.29) is 5.69 Å². The summed E-state index contributed by atoms with van der Waals surface area (Å²) in [6.45, 7) is 3.88. The Kier molecular flexibility index (Phi) is 4.25. The van der Waals surface area contributed by atoms with Crippen molar-refractivity contribution in [3.8, 4) is 0 Å². The number of benzene rings is 1. The Labute approximate surface area is 140 Å². The zero-order valence-corrected chi connectivity index (χ0v) is 13.7. The molecule has 0 saturated carbocycles. The van der Waals surface area contributed by atoms with Gasteiger partial charge in [-0.05, 0) is 51.8 Å². The molecule has 1 N–H and O–H groups in total. The van der Waals surface area contributed by atoms with Gasteiger partial charge in [-0.15, -0.1) is 0 Å². The Balaban J connectivity index is 1.91. The number of hydrogen-bond acceptors (Lipinski definition) is 2. The summed E-state index contributed by atoms with van der Waals surface area (Å²) in [5, 5.41) is 3.48. The molecule has 4 nitrogen and oxygen atoms in total. The van der Waals surface area contributed by atoms with Gasteiger partial charge in [0.1, 0.15) is 11.5 Å². The molecule has 0 bridgehead atoms. The Morgan fingerprint density at radius 2 is 2.22 bits per heavy atom. The molecule has 2 aromatic heterocycles. The van der Waals surface area contributed by atoms with E-state index in [1.165, 1.54) is 6.07 Å². The first-order valence-corrected chi connectivity index (χ1v) is 7.68. The topological polar surface area (TPSA) is 46.9 Å². The smallest absolute Gasteiger partial charge is 0.247 e. The maximum atomic E-state index is 13.8. The van der Waals surface area contributed by atoms with Gasteiger partial charge < -0.3 is 9.88 Å². The van der Waals surface area contributed by atoms with Crippen LogP contribution in [0.4, 0.5) is 10.1 Å². The predicted molar refractivity (Wildman–Crippen MR) is 91.8 cm³/mol. The van der Waals surface area contributed by atoms with E-state index < -0.39 is 11.7 Å². The molecule has 0 fully saturated rings. The number of amides is 1. The number of pyridine rings is 1. The number of aromatic nitrogens is 2. The second-order valence-corrected chi connectivity index (χ2v) is 5.93. The molecule has 0 unspecified atom stereocenters. The van der Waals surface area contributed by atoms with Crippen molar-refractivity contribution in [2.75, 3.05) is 5.32 Å². The lowest BCUT2D eigenvalue weighted by atomic mass is 10.2. The molecule has 0 radical (unpaired) electrons. The average Bonchev–Trinajstić information content (AvgIpc) is 2.92. The molecule has 0 saturated heterocycles. The second-order valence-electron chi connectivity index (χ2n) is 5.02. The number of carbonyl (C=O) groups excluding carboxylic acids is 1. The molecule has 0 spiro atoms. The van der Waals surface area contributed by atoms with E-state index in [9.17, 15) is 9.18 Å². The fourth-order valence-electron chi connectivity index (χ4n) is 2.33. The number of rotatable bonds is 4. The molecule has 23 heavy (non-hydrogen) atoms. The molecule has 0 aliphatic carbocycles. The maximum absolute atomic E-state index is 13.8. The maximum Gasteiger partial charge on any atom is 0.247 e. The van der Waals surface area contributed by atoms with Crippen LogP contribution < -0.4 is 5.32 Å². The Morgan fingerprint density at radius 1 is 1.39 bits per heavy atom. The van der Waals surface area contributed by atoms with Crippen LogP contribution in [0.3, 0.4) is 0 Å². The highest BCUT2D eigenvalue weighted by Crippen LogP contribution is 2.21. The summed E-state index contributed by atoms with van der Waals surface area (Å²) in [5.41, 5.74) is 1.83. The minimum atomic E-state index is -0.483. The van der Waals surface area contributed by atoms with Crippen LogP contribution in [0.25, 0.3) is 11.0 Å². The molecule has 116 valence electrons. The second kappa shape index (κ2) is 6.34. The highest BCUT2D eigenvalue weighted by atomic mass is 79.9. The van der Waals surface area contributed by atoms with Gasteiger partial charge in [0.15, 0.2) is 0 Å². The highest BCUT2D eigenvalue weighted by molar-refractivity contribution is 9.10. The summed E-state index contributed by atoms with van der Waals surface area (Å²) >= 11 is 3.39. The normalized spacial score (nSPS) is 10.7. The van der Waals surface area contributed by atoms with Gasteiger partial charge in [-0.1, -0.05) is 12.6 Å². The van der Waals surface area contributed by atoms with E-state index >= 15 is 0 Å². The van der Waals surface area contributed by atoms with Gasteiger partial charge in [0.25, 0.3) is 0 Å². The molecule has 1 amide bonds. The minimum absolute atomic E-state index is 0.138. The fourth-order valence-corrected chi connectivity index (χ4v) is 2.67. The van der Waals surface area contributed by atoms with E-state index in [0.29, 0.717) is 6.54 Å². The van der Waals surface area contributed by atoms with E-state index in [0.717, 1.165) is 27.1 Å². The van der Waals surface area contributed by atoms with Crippen molar-refractivity contribution >= 4 is 38.6 Å². The molecule has 1 aromatic carbocycles. The van der Waals surface area contributed by atoms with Crippen molar-refractivity contribution in [2.24, 2.45) is 0 Å². The third-order valence-corrected chi connectivity index (χ3v) is 3.83. The number of fused-ring (bicyclic) bond motifs is 1. The molecule has 0 aliphatic heterocycles. The first kappa shape index (κ1) is 15.4. The van der Waals surface area contributed by atoms with Crippen molar-refractivity contribution < 1.29 is 9.18 Å². The number of anilines is 1. The van der Waals surface area contributed by atoms with Gasteiger partial charge in [-0.3, -0.25) is 4.79 Å². The zero-order chi connectivity index (χ0) is 16.4. The fraction of sp³-hybridized carbons (Fsp3) is 0.0588. The van der Waals surface area contributed by atoms with Crippen LogP contribution in [0.5, 0.6) is 0 Å². The standard InChI is InChI=1S/C17H13BrFN3O/c1-2-16(23)21-15-7-11(3-4-14(15)19)10-22-6-5-12-8-13(18)9-20-17(12)22/h2-9H,1,10H2,(H,21,23). The van der Waals surface area contributed by atoms with Crippen LogP contribution in [0.15, 0.2) is 59.9 Å². The van der Waals surface area contributed by atoms with E-state index in [4.69, 9.17) is 0 Å². The summed E-state index contributed by atoms with van der Waals surface area (Å²) in [4.78, 5) is 15.8. The Hall–Kier alpha value is -2.47. The Bertz CT molecular complexity index is 904. The van der Waals surface area contributed by atoms with Gasteiger partial charge in [-0.2, -0.15) is 0 Å². The molecule has 2 heterocycles. The number of carbonyl (C=O) groups is 1. The Morgan fingerprint density at radius 3 is 3.00 bits per heavy atom. The third kappa shape index (κ3) is 3.32. The number of hydrogen-bond donors (Lipinski definition) is 1. The first-order valence-electron chi connectivity index (χ1n) is 6.89. The van der Waals surface area contributed by atoms with Crippen molar-refractivity contribution in [3.05, 3.63) is 71.2 Å². The van der Waals surface area contributed by atoms with Crippen LogP contribution in [0.1, 0.15) is 5.56 Å². The molecule has 6 heteroatoms. The summed E-state index contributed by atoms with van der Waals surface area (Å²) in [5.74, 6) is -0.928. The molecule has 0 aliphatic rings. The van der Waals surface area contributed by atoms with Crippen molar-refractivity contribution in [2.45, 2.75) is 6.54 Å². The van der Waals surface area contributed by atoms with E-state index in [1.54, 1.807) is 18.3 Å². The van der Waals surface area contributed by atoms with Crippen LogP contribution in [-0.2, 0) is 11.3 Å². The van der Waals surface area contributed by atoms with E-state index in [1.807, 2.05) is 22.9 Å². The van der Waals surface area contributed by atoms with Gasteiger partial charge in [0, 0.05) is 28.8 Å². The lowest BCUT2D eigenvalue weighted by Crippen LogP contribution is -2.09. The van der Waals surface area contributed by atoms with Gasteiger partial charge in [0.05, 0.1) is 5.69 Å². The number of nitrogens with zero attached hydrogens (tertiary/aromatic N) is 2. The van der Waals surface area contributed by atoms with Gasteiger partial charge in [0.2, 0.25) is 5.91 Å². The molecular weight excluding hydrogens is 361 g/mol. The number of nitrogens with one attached hydrogen (secondary N) is 1. The molecule has 3 aromatic rings. The van der Waals surface area contributed by atoms with Crippen molar-refractivity contribution in [1.29, 1.82) is 0 Å². The first-order chi connectivity index (χ1) is 11.1. The number of halogens is 2. The van der Waals surface area contributed by atoms with Crippen LogP contribution >= 0.6 is 15.9 Å². The van der Waals surface area contributed by atoms with E-state index in [2.05, 4.69) is 32.8 Å². The summed E-state index contributed by atoms with van der Waals surface area (Å²) in [7, 11) is 0. The minimum Gasteiger partial charge on any atom is -0.328 e. The molecule has 3 rings (SSSR count). The highest BCUT2D eigenvalue weighted by Gasteiger charge is 2.08. The molecule has 0 atom stereocenters. The van der Waals surface area contributed by atoms with Crippen LogP contribution in [0.2, 0.25) is 0 Å². The quantitative estimate of drug-likeness (QED) is 0.699. The van der Waals surface area contributed by atoms with Gasteiger partial charge >= 0.3 is 0 Å². The monoisotopic (exact) mass is 373 g/mol. The van der Waals surface area contributed by atoms with Crippen molar-refractivity contribution in [1.82, 2.24) is 9.55 Å². The SMILES string of the molecule is C=CC(=O)Nc1cc(Cn2ccc3cc(Br)cnc32)ccc1F. The predicted octanol–water partition coefficient (Wildman–Crippen LogP) is 4.11. The van der Waals surface area contributed by atoms with Gasteiger partial charge in [-0.25, -0.2) is 9.37 Å².